The first-order chi connectivity index (χ1) is 16.4. The summed E-state index contributed by atoms with van der Waals surface area (Å²) >= 11 is 0. The van der Waals surface area contributed by atoms with E-state index in [9.17, 15) is 5.11 Å². The monoisotopic (exact) mass is 503 g/mol. The van der Waals surface area contributed by atoms with Crippen LogP contribution in [-0.2, 0) is 16.9 Å². The van der Waals surface area contributed by atoms with E-state index < -0.39 is 16.5 Å². The maximum atomic E-state index is 9.73. The minimum Gasteiger partial charge on any atom is -0.387 e. The Morgan fingerprint density at radius 2 is 1.60 bits per heavy atom. The van der Waals surface area contributed by atoms with Gasteiger partial charge >= 0.3 is 10.4 Å². The number of pyridine rings is 1. The molecule has 4 aromatic rings. The van der Waals surface area contributed by atoms with E-state index in [-0.39, 0.29) is 6.04 Å². The van der Waals surface area contributed by atoms with Crippen LogP contribution in [0.25, 0.3) is 21.9 Å². The van der Waals surface area contributed by atoms with Gasteiger partial charge in [0.25, 0.3) is 0 Å². The normalized spacial score (nSPS) is 13.0. The van der Waals surface area contributed by atoms with E-state index >= 15 is 0 Å². The smallest absolute Gasteiger partial charge is 0.387 e. The summed E-state index contributed by atoms with van der Waals surface area (Å²) in [6, 6.07) is 17.8. The highest BCUT2D eigenvalue weighted by atomic mass is 32.3. The Kier molecular flexibility index (Phi) is 10.1. The fraction of sp³-hybridized carbons (Fsp3) is 0.333. The number of fused-ring (bicyclic) bond motifs is 3. The number of nitrogens with zero attached hydrogens (tertiary/aromatic N) is 3. The largest absolute Gasteiger partial charge is 0.394 e. The molecule has 35 heavy (non-hydrogen) atoms. The first-order valence-corrected chi connectivity index (χ1v) is 12.4. The van der Waals surface area contributed by atoms with Crippen LogP contribution in [0, 0.1) is 5.92 Å². The summed E-state index contributed by atoms with van der Waals surface area (Å²) in [5.74, 6) is 1.07. The van der Waals surface area contributed by atoms with Gasteiger partial charge in [-0.2, -0.15) is 8.42 Å². The number of hydrogen-bond donors (Lipinski definition) is 5. The van der Waals surface area contributed by atoms with Crippen molar-refractivity contribution in [2.24, 2.45) is 5.92 Å². The molecule has 0 radical (unpaired) electrons. The number of nitrogens with one attached hydrogen (secondary N) is 1. The van der Waals surface area contributed by atoms with Gasteiger partial charge in [0.15, 0.2) is 5.82 Å². The zero-order chi connectivity index (χ0) is 26.2. The predicted molar refractivity (Wildman–Crippen MR) is 138 cm³/mol. The molecule has 2 aromatic carbocycles. The van der Waals surface area contributed by atoms with Crippen molar-refractivity contribution in [2.75, 3.05) is 12.8 Å². The van der Waals surface area contributed by atoms with Crippen molar-refractivity contribution in [1.29, 1.82) is 0 Å². The van der Waals surface area contributed by atoms with Crippen molar-refractivity contribution in [2.45, 2.75) is 39.5 Å². The number of likely N-dealkylation sites (N-methyl/N-ethyl adjacent to an activating group) is 1. The van der Waals surface area contributed by atoms with Gasteiger partial charge in [0.2, 0.25) is 0 Å². The van der Waals surface area contributed by atoms with Crippen LogP contribution in [0.15, 0.2) is 60.9 Å². The number of aromatic nitrogens is 3. The SMILES string of the molecule is CC(C)Cn1cnc2c(N)nc3ccccc3c21.CN[C@@H](C)[C@H](O)c1ccccc1.O=S(=O)(O)O. The van der Waals surface area contributed by atoms with E-state index in [1.807, 2.05) is 68.8 Å². The maximum Gasteiger partial charge on any atom is 0.394 e. The quantitative estimate of drug-likeness (QED) is 0.256. The summed E-state index contributed by atoms with van der Waals surface area (Å²) in [7, 11) is -2.82. The molecular weight excluding hydrogens is 470 g/mol. The highest BCUT2D eigenvalue weighted by molar-refractivity contribution is 7.79. The van der Waals surface area contributed by atoms with Crippen molar-refractivity contribution >= 4 is 38.2 Å². The Balaban J connectivity index is 0.000000220. The second kappa shape index (κ2) is 12.6. The van der Waals surface area contributed by atoms with Crippen LogP contribution in [0.4, 0.5) is 5.82 Å². The molecule has 2 heterocycles. The van der Waals surface area contributed by atoms with Crippen LogP contribution in [0.3, 0.4) is 0 Å². The van der Waals surface area contributed by atoms with Crippen LogP contribution in [0.1, 0.15) is 32.4 Å². The van der Waals surface area contributed by atoms with E-state index in [0.717, 1.165) is 34.0 Å². The van der Waals surface area contributed by atoms with Crippen LogP contribution in [0.2, 0.25) is 0 Å². The fourth-order valence-corrected chi connectivity index (χ4v) is 3.43. The minimum absolute atomic E-state index is 0.0902. The Labute approximate surface area is 205 Å². The molecule has 0 bridgehead atoms. The maximum absolute atomic E-state index is 9.73. The third-order valence-electron chi connectivity index (χ3n) is 5.11. The van der Waals surface area contributed by atoms with E-state index in [1.54, 1.807) is 0 Å². The molecule has 0 aliphatic carbocycles. The van der Waals surface area contributed by atoms with Gasteiger partial charge in [-0.05, 0) is 31.5 Å². The number of benzene rings is 2. The van der Waals surface area contributed by atoms with Crippen molar-refractivity contribution in [3.05, 3.63) is 66.5 Å². The first-order valence-electron chi connectivity index (χ1n) is 11.0. The van der Waals surface area contributed by atoms with Gasteiger partial charge in [-0.15, -0.1) is 0 Å². The van der Waals surface area contributed by atoms with Gasteiger partial charge in [0.1, 0.15) is 5.52 Å². The molecule has 0 fully saturated rings. The van der Waals surface area contributed by atoms with Gasteiger partial charge in [-0.25, -0.2) is 9.97 Å². The number of hydrogen-bond acceptors (Lipinski definition) is 7. The molecule has 11 heteroatoms. The molecule has 2 aromatic heterocycles. The molecule has 0 unspecified atom stereocenters. The molecule has 0 aliphatic heterocycles. The van der Waals surface area contributed by atoms with Crippen LogP contribution < -0.4 is 11.1 Å². The Morgan fingerprint density at radius 1 is 1.03 bits per heavy atom. The zero-order valence-corrected chi connectivity index (χ0v) is 21.0. The van der Waals surface area contributed by atoms with Crippen molar-refractivity contribution in [3.63, 3.8) is 0 Å². The highest BCUT2D eigenvalue weighted by Crippen LogP contribution is 2.27. The van der Waals surface area contributed by atoms with Gasteiger partial charge in [-0.1, -0.05) is 62.4 Å². The lowest BCUT2D eigenvalue weighted by Crippen LogP contribution is -2.28. The molecule has 0 saturated carbocycles. The van der Waals surface area contributed by atoms with E-state index in [2.05, 4.69) is 39.8 Å². The van der Waals surface area contributed by atoms with Crippen molar-refractivity contribution in [1.82, 2.24) is 19.9 Å². The lowest BCUT2D eigenvalue weighted by Gasteiger charge is -2.17. The van der Waals surface area contributed by atoms with E-state index in [1.165, 1.54) is 0 Å². The lowest BCUT2D eigenvalue weighted by atomic mass is 10.0. The molecule has 6 N–H and O–H groups in total. The molecule has 10 nitrogen and oxygen atoms in total. The highest BCUT2D eigenvalue weighted by Gasteiger charge is 2.13. The number of nitrogen functional groups attached to an aromatic ring is 1. The number of aliphatic hydroxyl groups is 1. The van der Waals surface area contributed by atoms with Crippen LogP contribution in [-0.4, -0.2) is 50.3 Å². The third-order valence-corrected chi connectivity index (χ3v) is 5.11. The van der Waals surface area contributed by atoms with Gasteiger partial charge in [0.05, 0.1) is 23.5 Å². The molecule has 0 aliphatic rings. The Morgan fingerprint density at radius 3 is 2.17 bits per heavy atom. The summed E-state index contributed by atoms with van der Waals surface area (Å²) < 4.78 is 33.8. The summed E-state index contributed by atoms with van der Waals surface area (Å²) in [6.07, 6.45) is 1.44. The van der Waals surface area contributed by atoms with E-state index in [0.29, 0.717) is 11.7 Å². The Bertz CT molecular complexity index is 1320. The Hall–Kier alpha value is -3.09. The topological polar surface area (TPSA) is 164 Å². The van der Waals surface area contributed by atoms with Gasteiger partial charge < -0.3 is 20.7 Å². The predicted octanol–water partition coefficient (Wildman–Crippen LogP) is 3.50. The summed E-state index contributed by atoms with van der Waals surface area (Å²) in [5, 5.41) is 13.9. The molecule has 0 saturated heterocycles. The molecule has 0 amide bonds. The van der Waals surface area contributed by atoms with Crippen LogP contribution in [0.5, 0.6) is 0 Å². The number of anilines is 1. The van der Waals surface area contributed by atoms with Gasteiger partial charge in [-0.3, -0.25) is 9.11 Å². The molecule has 2 atom stereocenters. The molecule has 190 valence electrons. The number of para-hydroxylation sites is 1. The standard InChI is InChI=1S/C14H16N4.C10H15NO.H2O4S/c1-9(2)7-18-8-16-12-13(18)10-5-3-4-6-11(10)17-14(12)15;1-8(11-2)10(12)9-6-4-3-5-7-9;1-5(2,3)4/h3-6,8-9H,7H2,1-2H3,(H2,15,17);3-8,10-12H,1-2H3;(H2,1,2,3,4)/t;8-,10-;/m.0./s1. The summed E-state index contributed by atoms with van der Waals surface area (Å²) in [5.41, 5.74) is 9.75. The van der Waals surface area contributed by atoms with Crippen LogP contribution >= 0.6 is 0 Å². The average Bonchev–Trinajstić information content (AvgIpc) is 3.22. The number of imidazole rings is 1. The van der Waals surface area contributed by atoms with Gasteiger partial charge in [0, 0.05) is 18.0 Å². The summed E-state index contributed by atoms with van der Waals surface area (Å²) in [6.45, 7) is 7.28. The van der Waals surface area contributed by atoms with Crippen molar-refractivity contribution in [3.8, 4) is 0 Å². The average molecular weight is 504 g/mol. The lowest BCUT2D eigenvalue weighted by molar-refractivity contribution is 0.140. The molecule has 4 rings (SSSR count). The van der Waals surface area contributed by atoms with E-state index in [4.69, 9.17) is 23.3 Å². The zero-order valence-electron chi connectivity index (χ0n) is 20.2. The second-order valence-electron chi connectivity index (χ2n) is 8.38. The molecular formula is C24H33N5O5S. The number of aliphatic hydroxyl groups excluding tert-OH is 1. The van der Waals surface area contributed by atoms with Crippen molar-refractivity contribution < 1.29 is 22.6 Å². The first kappa shape index (κ1) is 28.1. The molecule has 0 spiro atoms. The third kappa shape index (κ3) is 8.57. The number of rotatable bonds is 5. The summed E-state index contributed by atoms with van der Waals surface area (Å²) in [4.78, 5) is 8.80. The minimum atomic E-state index is -4.67. The fourth-order valence-electron chi connectivity index (χ4n) is 3.43. The second-order valence-corrected chi connectivity index (χ2v) is 9.28. The number of nitrogens with two attached hydrogens (primary N) is 1.